The van der Waals surface area contributed by atoms with Gasteiger partial charge < -0.3 is 14.6 Å². The van der Waals surface area contributed by atoms with Crippen LogP contribution in [-0.4, -0.2) is 29.7 Å². The number of rotatable bonds is 6. The van der Waals surface area contributed by atoms with E-state index in [1.54, 1.807) is 0 Å². The Morgan fingerprint density at radius 3 is 2.81 bits per heavy atom. The van der Waals surface area contributed by atoms with E-state index in [9.17, 15) is 4.79 Å². The van der Waals surface area contributed by atoms with Gasteiger partial charge in [0.05, 0.1) is 6.10 Å². The van der Waals surface area contributed by atoms with Crippen LogP contribution in [0, 0.1) is 6.92 Å². The molecule has 1 heterocycles. The SMILES string of the molecule is Cc1ccc2c(c1)cc(C(=O)NCCCOC(C)C)n2C. The highest BCUT2D eigenvalue weighted by molar-refractivity contribution is 5.98. The summed E-state index contributed by atoms with van der Waals surface area (Å²) >= 11 is 0. The van der Waals surface area contributed by atoms with Crippen molar-refractivity contribution in [2.24, 2.45) is 7.05 Å². The minimum atomic E-state index is -0.0316. The molecule has 0 saturated carbocycles. The number of amides is 1. The first-order chi connectivity index (χ1) is 9.99. The normalized spacial score (nSPS) is 11.3. The molecule has 2 rings (SSSR count). The summed E-state index contributed by atoms with van der Waals surface area (Å²) in [5.41, 5.74) is 2.97. The van der Waals surface area contributed by atoms with Crippen LogP contribution in [0.25, 0.3) is 10.9 Å². The van der Waals surface area contributed by atoms with Crippen molar-refractivity contribution >= 4 is 16.8 Å². The number of nitrogens with zero attached hydrogens (tertiary/aromatic N) is 1. The average molecular weight is 288 g/mol. The van der Waals surface area contributed by atoms with Crippen molar-refractivity contribution in [3.63, 3.8) is 0 Å². The van der Waals surface area contributed by atoms with Gasteiger partial charge in [0.25, 0.3) is 5.91 Å². The quantitative estimate of drug-likeness (QED) is 0.830. The van der Waals surface area contributed by atoms with E-state index < -0.39 is 0 Å². The van der Waals surface area contributed by atoms with Crippen LogP contribution in [0.15, 0.2) is 24.3 Å². The van der Waals surface area contributed by atoms with Crippen molar-refractivity contribution in [3.8, 4) is 0 Å². The predicted octanol–water partition coefficient (Wildman–Crippen LogP) is 3.03. The number of carbonyl (C=O) groups is 1. The molecular formula is C17H24N2O2. The van der Waals surface area contributed by atoms with Gasteiger partial charge in [-0.3, -0.25) is 4.79 Å². The van der Waals surface area contributed by atoms with E-state index in [2.05, 4.69) is 30.4 Å². The molecule has 2 aromatic rings. The van der Waals surface area contributed by atoms with Crippen LogP contribution < -0.4 is 5.32 Å². The van der Waals surface area contributed by atoms with Crippen LogP contribution in [0.4, 0.5) is 0 Å². The lowest BCUT2D eigenvalue weighted by atomic mass is 10.2. The Balaban J connectivity index is 1.98. The van der Waals surface area contributed by atoms with Crippen LogP contribution in [0.2, 0.25) is 0 Å². The van der Waals surface area contributed by atoms with Gasteiger partial charge in [-0.2, -0.15) is 0 Å². The summed E-state index contributed by atoms with van der Waals surface area (Å²) in [7, 11) is 1.93. The minimum absolute atomic E-state index is 0.0316. The average Bonchev–Trinajstić information content (AvgIpc) is 2.74. The summed E-state index contributed by atoms with van der Waals surface area (Å²) in [6.07, 6.45) is 1.06. The highest BCUT2D eigenvalue weighted by Gasteiger charge is 2.12. The number of fused-ring (bicyclic) bond motifs is 1. The molecule has 1 amide bonds. The molecule has 0 aliphatic rings. The van der Waals surface area contributed by atoms with Crippen molar-refractivity contribution in [3.05, 3.63) is 35.5 Å². The Hall–Kier alpha value is -1.81. The molecule has 0 radical (unpaired) electrons. The second-order valence-electron chi connectivity index (χ2n) is 5.68. The zero-order valence-electron chi connectivity index (χ0n) is 13.3. The number of nitrogens with one attached hydrogen (secondary N) is 1. The maximum Gasteiger partial charge on any atom is 0.267 e. The van der Waals surface area contributed by atoms with Crippen LogP contribution in [-0.2, 0) is 11.8 Å². The fraction of sp³-hybridized carbons (Fsp3) is 0.471. The summed E-state index contributed by atoms with van der Waals surface area (Å²) in [6, 6.07) is 8.16. The maximum absolute atomic E-state index is 12.2. The zero-order chi connectivity index (χ0) is 15.4. The largest absolute Gasteiger partial charge is 0.379 e. The Labute approximate surface area is 126 Å². The van der Waals surface area contributed by atoms with Crippen molar-refractivity contribution < 1.29 is 9.53 Å². The van der Waals surface area contributed by atoms with Crippen molar-refractivity contribution in [1.29, 1.82) is 0 Å². The first-order valence-corrected chi connectivity index (χ1v) is 7.45. The van der Waals surface area contributed by atoms with Crippen molar-refractivity contribution in [2.45, 2.75) is 33.3 Å². The lowest BCUT2D eigenvalue weighted by Gasteiger charge is -2.08. The van der Waals surface area contributed by atoms with Crippen molar-refractivity contribution in [1.82, 2.24) is 9.88 Å². The third kappa shape index (κ3) is 3.85. The maximum atomic E-state index is 12.2. The second-order valence-corrected chi connectivity index (χ2v) is 5.68. The van der Waals surface area contributed by atoms with Gasteiger partial charge in [0.1, 0.15) is 5.69 Å². The summed E-state index contributed by atoms with van der Waals surface area (Å²) in [6.45, 7) is 7.38. The van der Waals surface area contributed by atoms with E-state index in [4.69, 9.17) is 4.74 Å². The van der Waals surface area contributed by atoms with Gasteiger partial charge in [0, 0.05) is 31.1 Å². The Bertz CT molecular complexity index is 629. The molecule has 4 heteroatoms. The van der Waals surface area contributed by atoms with E-state index in [1.165, 1.54) is 5.56 Å². The predicted molar refractivity (Wildman–Crippen MR) is 85.7 cm³/mol. The lowest BCUT2D eigenvalue weighted by molar-refractivity contribution is 0.0756. The Kier molecular flexibility index (Phi) is 5.02. The van der Waals surface area contributed by atoms with Crippen LogP contribution >= 0.6 is 0 Å². The summed E-state index contributed by atoms with van der Waals surface area (Å²) < 4.78 is 7.40. The highest BCUT2D eigenvalue weighted by Crippen LogP contribution is 2.20. The molecular weight excluding hydrogens is 264 g/mol. The van der Waals surface area contributed by atoms with E-state index in [0.29, 0.717) is 18.8 Å². The molecule has 0 spiro atoms. The molecule has 1 aromatic heterocycles. The van der Waals surface area contributed by atoms with Crippen LogP contribution in [0.5, 0.6) is 0 Å². The molecule has 1 N–H and O–H groups in total. The number of hydrogen-bond donors (Lipinski definition) is 1. The fourth-order valence-corrected chi connectivity index (χ4v) is 2.37. The molecule has 0 unspecified atom stereocenters. The number of ether oxygens (including phenoxy) is 1. The van der Waals surface area contributed by atoms with Gasteiger partial charge >= 0.3 is 0 Å². The van der Waals surface area contributed by atoms with Gasteiger partial charge in [-0.1, -0.05) is 11.6 Å². The van der Waals surface area contributed by atoms with E-state index in [-0.39, 0.29) is 12.0 Å². The lowest BCUT2D eigenvalue weighted by Crippen LogP contribution is -2.27. The van der Waals surface area contributed by atoms with Crippen LogP contribution in [0.3, 0.4) is 0 Å². The first-order valence-electron chi connectivity index (χ1n) is 7.45. The molecule has 4 nitrogen and oxygen atoms in total. The monoisotopic (exact) mass is 288 g/mol. The molecule has 0 aliphatic carbocycles. The molecule has 114 valence electrons. The molecule has 0 fully saturated rings. The topological polar surface area (TPSA) is 43.3 Å². The number of carbonyl (C=O) groups excluding carboxylic acids is 1. The van der Waals surface area contributed by atoms with Gasteiger partial charge in [-0.25, -0.2) is 0 Å². The third-order valence-electron chi connectivity index (χ3n) is 3.49. The molecule has 21 heavy (non-hydrogen) atoms. The highest BCUT2D eigenvalue weighted by atomic mass is 16.5. The number of aryl methyl sites for hydroxylation is 2. The standard InChI is InChI=1S/C17H24N2O2/c1-12(2)21-9-5-8-18-17(20)16-11-14-10-13(3)6-7-15(14)19(16)4/h6-7,10-12H,5,8-9H2,1-4H3,(H,18,20). The second kappa shape index (κ2) is 6.76. The fourth-order valence-electron chi connectivity index (χ4n) is 2.37. The van der Waals surface area contributed by atoms with Gasteiger partial charge in [0.15, 0.2) is 0 Å². The van der Waals surface area contributed by atoms with Gasteiger partial charge in [-0.15, -0.1) is 0 Å². The Morgan fingerprint density at radius 1 is 1.33 bits per heavy atom. The minimum Gasteiger partial charge on any atom is -0.379 e. The summed E-state index contributed by atoms with van der Waals surface area (Å²) in [5, 5.41) is 4.05. The summed E-state index contributed by atoms with van der Waals surface area (Å²) in [4.78, 5) is 12.2. The van der Waals surface area contributed by atoms with Gasteiger partial charge in [0.2, 0.25) is 0 Å². The van der Waals surface area contributed by atoms with E-state index >= 15 is 0 Å². The Morgan fingerprint density at radius 2 is 2.10 bits per heavy atom. The molecule has 0 bridgehead atoms. The smallest absolute Gasteiger partial charge is 0.267 e. The van der Waals surface area contributed by atoms with Crippen molar-refractivity contribution in [2.75, 3.05) is 13.2 Å². The molecule has 0 atom stereocenters. The molecule has 0 saturated heterocycles. The third-order valence-corrected chi connectivity index (χ3v) is 3.49. The number of hydrogen-bond acceptors (Lipinski definition) is 2. The van der Waals surface area contributed by atoms with Crippen LogP contribution in [0.1, 0.15) is 36.3 Å². The number of aromatic nitrogens is 1. The van der Waals surface area contributed by atoms with E-state index in [0.717, 1.165) is 17.3 Å². The molecule has 0 aliphatic heterocycles. The zero-order valence-corrected chi connectivity index (χ0v) is 13.3. The van der Waals surface area contributed by atoms with E-state index in [1.807, 2.05) is 31.5 Å². The number of benzene rings is 1. The first kappa shape index (κ1) is 15.6. The summed E-state index contributed by atoms with van der Waals surface area (Å²) in [5.74, 6) is -0.0316. The molecule has 1 aromatic carbocycles. The van der Waals surface area contributed by atoms with Gasteiger partial charge in [-0.05, 0) is 45.4 Å².